The molecule has 0 radical (unpaired) electrons. The predicted molar refractivity (Wildman–Crippen MR) is 106 cm³/mol. The molecule has 0 bridgehead atoms. The van der Waals surface area contributed by atoms with Gasteiger partial charge in [0.25, 0.3) is 5.91 Å². The maximum Gasteiger partial charge on any atom is 0.435 e. The fourth-order valence-electron chi connectivity index (χ4n) is 2.80. The van der Waals surface area contributed by atoms with Crippen LogP contribution >= 0.6 is 0 Å². The van der Waals surface area contributed by atoms with Gasteiger partial charge in [-0.3, -0.25) is 9.59 Å². The number of nitrogens with zero attached hydrogens (tertiary/aromatic N) is 4. The number of benzene rings is 2. The number of likely N-dealkylation sites (N-methyl/N-ethyl adjacent to an activating group) is 1. The molecule has 0 atom stereocenters. The molecule has 2 aromatic carbocycles. The summed E-state index contributed by atoms with van der Waals surface area (Å²) in [5.74, 6) is -0.0819. The first-order valence-corrected chi connectivity index (χ1v) is 9.01. The highest BCUT2D eigenvalue weighted by atomic mass is 19.4. The van der Waals surface area contributed by atoms with Crippen LogP contribution in [0.25, 0.3) is 5.69 Å². The highest BCUT2D eigenvalue weighted by Crippen LogP contribution is 2.33. The molecule has 7 nitrogen and oxygen atoms in total. The zero-order valence-corrected chi connectivity index (χ0v) is 16.5. The standard InChI is InChI=1S/C21H15F4N5O2/c1-3-13-5-4-6-15(11-13)26-17(31)12-29(2)20(32)18-19(21(23,24)25)30(28-27-18)16-9-7-14(22)8-10-16/h1,4-11H,12H2,2H3,(H,26,31). The number of hydrogen-bond acceptors (Lipinski definition) is 4. The Morgan fingerprint density at radius 1 is 1.19 bits per heavy atom. The Morgan fingerprint density at radius 3 is 2.50 bits per heavy atom. The van der Waals surface area contributed by atoms with Gasteiger partial charge in [-0.2, -0.15) is 13.2 Å². The molecule has 11 heteroatoms. The van der Waals surface area contributed by atoms with Gasteiger partial charge in [0.2, 0.25) is 5.91 Å². The molecule has 0 spiro atoms. The van der Waals surface area contributed by atoms with E-state index < -0.39 is 41.7 Å². The summed E-state index contributed by atoms with van der Waals surface area (Å²) in [7, 11) is 1.15. The number of aromatic nitrogens is 3. The van der Waals surface area contributed by atoms with Crippen LogP contribution in [-0.2, 0) is 11.0 Å². The Kier molecular flexibility index (Phi) is 6.25. The van der Waals surface area contributed by atoms with Crippen molar-refractivity contribution in [1.82, 2.24) is 19.9 Å². The molecule has 0 saturated heterocycles. The van der Waals surface area contributed by atoms with Crippen molar-refractivity contribution >= 4 is 17.5 Å². The highest BCUT2D eigenvalue weighted by molar-refractivity contribution is 5.99. The largest absolute Gasteiger partial charge is 0.435 e. The third-order valence-electron chi connectivity index (χ3n) is 4.25. The number of rotatable bonds is 5. The van der Waals surface area contributed by atoms with Crippen molar-refractivity contribution in [2.75, 3.05) is 18.9 Å². The highest BCUT2D eigenvalue weighted by Gasteiger charge is 2.42. The first kappa shape index (κ1) is 22.5. The van der Waals surface area contributed by atoms with Crippen LogP contribution in [0.15, 0.2) is 48.5 Å². The van der Waals surface area contributed by atoms with E-state index in [-0.39, 0.29) is 5.69 Å². The van der Waals surface area contributed by atoms with Crippen molar-refractivity contribution in [3.05, 3.63) is 71.3 Å². The molecular weight excluding hydrogens is 430 g/mol. The van der Waals surface area contributed by atoms with E-state index in [0.29, 0.717) is 15.9 Å². The van der Waals surface area contributed by atoms with Crippen LogP contribution in [0.3, 0.4) is 0 Å². The molecule has 0 saturated carbocycles. The number of hydrogen-bond donors (Lipinski definition) is 1. The van der Waals surface area contributed by atoms with Crippen molar-refractivity contribution in [2.45, 2.75) is 6.18 Å². The second-order valence-electron chi connectivity index (χ2n) is 6.61. The summed E-state index contributed by atoms with van der Waals surface area (Å²) in [6.07, 6.45) is 0.296. The maximum atomic E-state index is 13.7. The van der Waals surface area contributed by atoms with Crippen LogP contribution in [0.4, 0.5) is 23.2 Å². The van der Waals surface area contributed by atoms with Crippen LogP contribution in [0.1, 0.15) is 21.7 Å². The summed E-state index contributed by atoms with van der Waals surface area (Å²) >= 11 is 0. The van der Waals surface area contributed by atoms with Crippen LogP contribution < -0.4 is 5.32 Å². The lowest BCUT2D eigenvalue weighted by Gasteiger charge is -2.17. The predicted octanol–water partition coefficient (Wildman–Crippen LogP) is 3.12. The van der Waals surface area contributed by atoms with Crippen LogP contribution in [0.5, 0.6) is 0 Å². The zero-order valence-electron chi connectivity index (χ0n) is 16.5. The Bertz CT molecular complexity index is 1200. The van der Waals surface area contributed by atoms with E-state index in [4.69, 9.17) is 6.42 Å². The van der Waals surface area contributed by atoms with Gasteiger partial charge in [-0.05, 0) is 42.5 Å². The van der Waals surface area contributed by atoms with Crippen LogP contribution in [-0.4, -0.2) is 45.3 Å². The van der Waals surface area contributed by atoms with E-state index in [1.54, 1.807) is 18.2 Å². The van der Waals surface area contributed by atoms with Crippen molar-refractivity contribution in [3.63, 3.8) is 0 Å². The first-order valence-electron chi connectivity index (χ1n) is 9.01. The molecule has 32 heavy (non-hydrogen) atoms. The summed E-state index contributed by atoms with van der Waals surface area (Å²) in [6.45, 7) is -0.556. The molecule has 1 aromatic heterocycles. The van der Waals surface area contributed by atoms with Crippen LogP contribution in [0.2, 0.25) is 0 Å². The van der Waals surface area contributed by atoms with Crippen LogP contribution in [0, 0.1) is 18.2 Å². The van der Waals surface area contributed by atoms with Crippen molar-refractivity contribution in [1.29, 1.82) is 0 Å². The van der Waals surface area contributed by atoms with E-state index in [1.165, 1.54) is 6.07 Å². The molecule has 2 amide bonds. The van der Waals surface area contributed by atoms with Gasteiger partial charge in [-0.15, -0.1) is 11.5 Å². The first-order chi connectivity index (χ1) is 15.1. The third-order valence-corrected chi connectivity index (χ3v) is 4.25. The average molecular weight is 445 g/mol. The van der Waals surface area contributed by atoms with Crippen molar-refractivity contribution in [3.8, 4) is 18.0 Å². The molecule has 1 heterocycles. The lowest BCUT2D eigenvalue weighted by Crippen LogP contribution is -2.36. The molecule has 0 aliphatic rings. The second-order valence-corrected chi connectivity index (χ2v) is 6.61. The number of alkyl halides is 3. The van der Waals surface area contributed by atoms with Crippen molar-refractivity contribution in [2.24, 2.45) is 0 Å². The number of amides is 2. The molecule has 0 unspecified atom stereocenters. The van der Waals surface area contributed by atoms with Gasteiger partial charge in [0.15, 0.2) is 11.4 Å². The lowest BCUT2D eigenvalue weighted by molar-refractivity contribution is -0.143. The fourth-order valence-corrected chi connectivity index (χ4v) is 2.80. The normalized spacial score (nSPS) is 11.0. The van der Waals surface area contributed by atoms with E-state index >= 15 is 0 Å². The Labute approximate surface area is 179 Å². The smallest absolute Gasteiger partial charge is 0.331 e. The van der Waals surface area contributed by atoms with Gasteiger partial charge >= 0.3 is 6.18 Å². The number of terminal acetylenes is 1. The molecule has 0 fully saturated rings. The number of carbonyl (C=O) groups excluding carboxylic acids is 2. The summed E-state index contributed by atoms with van der Waals surface area (Å²) in [4.78, 5) is 25.7. The van der Waals surface area contributed by atoms with Gasteiger partial charge in [0.1, 0.15) is 5.82 Å². The number of carbonyl (C=O) groups is 2. The molecule has 3 aromatic rings. The monoisotopic (exact) mass is 445 g/mol. The topological polar surface area (TPSA) is 80.1 Å². The summed E-state index contributed by atoms with van der Waals surface area (Å²) < 4.78 is 54.6. The SMILES string of the molecule is C#Cc1cccc(NC(=O)CN(C)C(=O)c2nnn(-c3ccc(F)cc3)c2C(F)(F)F)c1. The van der Waals surface area contributed by atoms with E-state index in [0.717, 1.165) is 36.2 Å². The van der Waals surface area contributed by atoms with Gasteiger partial charge in [-0.25, -0.2) is 9.07 Å². The fraction of sp³-hybridized carbons (Fsp3) is 0.143. The summed E-state index contributed by atoms with van der Waals surface area (Å²) in [5, 5.41) is 9.29. The number of anilines is 1. The van der Waals surface area contributed by atoms with Gasteiger partial charge in [0, 0.05) is 18.3 Å². The van der Waals surface area contributed by atoms with Crippen molar-refractivity contribution < 1.29 is 27.2 Å². The van der Waals surface area contributed by atoms with E-state index in [2.05, 4.69) is 21.5 Å². The minimum atomic E-state index is -5.00. The maximum absolute atomic E-state index is 13.7. The minimum Gasteiger partial charge on any atom is -0.331 e. The molecule has 164 valence electrons. The van der Waals surface area contributed by atoms with Gasteiger partial charge in [0.05, 0.1) is 12.2 Å². The van der Waals surface area contributed by atoms with E-state index in [9.17, 15) is 27.2 Å². The molecule has 0 aliphatic carbocycles. The van der Waals surface area contributed by atoms with Gasteiger partial charge in [-0.1, -0.05) is 17.2 Å². The Balaban J connectivity index is 1.82. The number of nitrogens with one attached hydrogen (secondary N) is 1. The molecule has 1 N–H and O–H groups in total. The Hall–Kier alpha value is -4.20. The second kappa shape index (κ2) is 8.89. The molecule has 0 aliphatic heterocycles. The summed E-state index contributed by atoms with van der Waals surface area (Å²) in [5.41, 5.74) is -1.70. The lowest BCUT2D eigenvalue weighted by atomic mass is 10.2. The summed E-state index contributed by atoms with van der Waals surface area (Å²) in [6, 6.07) is 10.4. The van der Waals surface area contributed by atoms with E-state index in [1.807, 2.05) is 0 Å². The minimum absolute atomic E-state index is 0.140. The Morgan fingerprint density at radius 2 is 1.88 bits per heavy atom. The quantitative estimate of drug-likeness (QED) is 0.484. The molecular formula is C21H15F4N5O2. The third kappa shape index (κ3) is 4.92. The van der Waals surface area contributed by atoms with Gasteiger partial charge < -0.3 is 10.2 Å². The average Bonchev–Trinajstić information content (AvgIpc) is 3.19. The molecule has 3 rings (SSSR count). The zero-order chi connectivity index (χ0) is 23.5. The number of halogens is 4.